The molecule has 76 valence electrons. The number of rotatable bonds is 0. The van der Waals surface area contributed by atoms with Crippen LogP contribution in [0.4, 0.5) is 0 Å². The molecule has 1 aliphatic rings. The van der Waals surface area contributed by atoms with Gasteiger partial charge in [0.1, 0.15) is 11.3 Å². The molecular weight excluding hydrogens is 275 g/mol. The third-order valence-corrected chi connectivity index (χ3v) is 3.41. The zero-order chi connectivity index (χ0) is 10.4. The van der Waals surface area contributed by atoms with Crippen molar-refractivity contribution in [1.29, 1.82) is 0 Å². The van der Waals surface area contributed by atoms with Gasteiger partial charge in [-0.2, -0.15) is 0 Å². The van der Waals surface area contributed by atoms with Crippen molar-refractivity contribution < 1.29 is 4.42 Å². The molecule has 0 saturated carbocycles. The van der Waals surface area contributed by atoms with E-state index in [1.165, 1.54) is 5.56 Å². The Hall–Kier alpha value is -0.730. The summed E-state index contributed by atoms with van der Waals surface area (Å²) in [6.45, 7) is 0. The lowest BCUT2D eigenvalue weighted by Crippen LogP contribution is -2.03. The Bertz CT molecular complexity index is 556. The van der Waals surface area contributed by atoms with E-state index < -0.39 is 0 Å². The molecule has 3 rings (SSSR count). The smallest absolute Gasteiger partial charge is 0.134 e. The van der Waals surface area contributed by atoms with Crippen LogP contribution >= 0.6 is 27.5 Å². The molecule has 0 saturated heterocycles. The van der Waals surface area contributed by atoms with Crippen LogP contribution < -0.4 is 0 Å². The zero-order valence-corrected chi connectivity index (χ0v) is 10.2. The minimum absolute atomic E-state index is 0.0569. The van der Waals surface area contributed by atoms with Gasteiger partial charge < -0.3 is 4.42 Å². The van der Waals surface area contributed by atoms with Crippen LogP contribution in [0.1, 0.15) is 11.3 Å². The molecule has 0 spiro atoms. The van der Waals surface area contributed by atoms with Crippen LogP contribution in [0.5, 0.6) is 0 Å². The molecule has 1 aromatic heterocycles. The first-order chi connectivity index (χ1) is 7.24. The van der Waals surface area contributed by atoms with Crippen molar-refractivity contribution in [3.63, 3.8) is 0 Å². The summed E-state index contributed by atoms with van der Waals surface area (Å²) in [5.41, 5.74) is 2.10. The van der Waals surface area contributed by atoms with E-state index in [9.17, 15) is 0 Å². The second kappa shape index (κ2) is 3.39. The second-order valence-electron chi connectivity index (χ2n) is 3.66. The fourth-order valence-electron chi connectivity index (χ4n) is 1.92. The highest BCUT2D eigenvalue weighted by Gasteiger charge is 2.18. The largest absolute Gasteiger partial charge is 0.460 e. The number of benzene rings is 1. The molecule has 1 aromatic carbocycles. The van der Waals surface area contributed by atoms with Crippen molar-refractivity contribution in [2.45, 2.75) is 11.8 Å². The normalized spacial score (nSPS) is 19.5. The SMILES string of the molecule is ClC1C=Cc2c(oc3ccc(Br)cc23)C1. The minimum atomic E-state index is 0.0569. The first-order valence-corrected chi connectivity index (χ1v) is 6.00. The summed E-state index contributed by atoms with van der Waals surface area (Å²) in [6.07, 6.45) is 4.84. The Balaban J connectivity index is 2.31. The fourth-order valence-corrected chi connectivity index (χ4v) is 2.49. The average molecular weight is 284 g/mol. The van der Waals surface area contributed by atoms with Crippen molar-refractivity contribution in [2.75, 3.05) is 0 Å². The molecule has 2 aromatic rings. The Labute approximate surface area is 101 Å². The van der Waals surface area contributed by atoms with Crippen LogP contribution in [0.25, 0.3) is 17.0 Å². The minimum Gasteiger partial charge on any atom is -0.460 e. The Morgan fingerprint density at radius 1 is 1.40 bits per heavy atom. The highest BCUT2D eigenvalue weighted by Crippen LogP contribution is 2.33. The van der Waals surface area contributed by atoms with Gasteiger partial charge in [-0.25, -0.2) is 0 Å². The maximum Gasteiger partial charge on any atom is 0.134 e. The lowest BCUT2D eigenvalue weighted by molar-refractivity contribution is 0.547. The average Bonchev–Trinajstić information content (AvgIpc) is 2.54. The van der Waals surface area contributed by atoms with Gasteiger partial charge in [-0.05, 0) is 18.2 Å². The third kappa shape index (κ3) is 1.52. The molecule has 0 amide bonds. The van der Waals surface area contributed by atoms with Crippen LogP contribution in [0.2, 0.25) is 0 Å². The van der Waals surface area contributed by atoms with E-state index in [-0.39, 0.29) is 5.38 Å². The van der Waals surface area contributed by atoms with Crippen LogP contribution in [-0.2, 0) is 6.42 Å². The van der Waals surface area contributed by atoms with Crippen LogP contribution in [-0.4, -0.2) is 5.38 Å². The summed E-state index contributed by atoms with van der Waals surface area (Å²) in [4.78, 5) is 0. The molecule has 1 atom stereocenters. The summed E-state index contributed by atoms with van der Waals surface area (Å²) in [5, 5.41) is 1.21. The number of hydrogen-bond acceptors (Lipinski definition) is 1. The number of alkyl halides is 1. The summed E-state index contributed by atoms with van der Waals surface area (Å²) in [7, 11) is 0. The number of furan rings is 1. The van der Waals surface area contributed by atoms with E-state index >= 15 is 0 Å². The second-order valence-corrected chi connectivity index (χ2v) is 5.13. The van der Waals surface area contributed by atoms with Gasteiger partial charge in [0.15, 0.2) is 0 Å². The van der Waals surface area contributed by atoms with Gasteiger partial charge in [-0.1, -0.05) is 28.1 Å². The zero-order valence-electron chi connectivity index (χ0n) is 7.84. The van der Waals surface area contributed by atoms with Gasteiger partial charge in [-0.15, -0.1) is 11.6 Å². The summed E-state index contributed by atoms with van der Waals surface area (Å²) < 4.78 is 6.83. The van der Waals surface area contributed by atoms with Crippen molar-refractivity contribution in [3.05, 3.63) is 40.1 Å². The number of fused-ring (bicyclic) bond motifs is 3. The molecular formula is C12H8BrClO. The fraction of sp³-hybridized carbons (Fsp3) is 0.167. The van der Waals surface area contributed by atoms with Gasteiger partial charge in [0.2, 0.25) is 0 Å². The lowest BCUT2D eigenvalue weighted by Gasteiger charge is -2.07. The summed E-state index contributed by atoms with van der Waals surface area (Å²) >= 11 is 9.51. The van der Waals surface area contributed by atoms with Gasteiger partial charge >= 0.3 is 0 Å². The maximum atomic E-state index is 6.05. The van der Waals surface area contributed by atoms with Crippen LogP contribution in [0.15, 0.2) is 33.2 Å². The molecule has 0 aliphatic heterocycles. The Kier molecular flexibility index (Phi) is 2.15. The first kappa shape index (κ1) is 9.49. The Morgan fingerprint density at radius 3 is 3.13 bits per heavy atom. The van der Waals surface area contributed by atoms with Crippen LogP contribution in [0.3, 0.4) is 0 Å². The predicted molar refractivity (Wildman–Crippen MR) is 66.3 cm³/mol. The van der Waals surface area contributed by atoms with Crippen molar-refractivity contribution in [1.82, 2.24) is 0 Å². The van der Waals surface area contributed by atoms with E-state index in [2.05, 4.69) is 28.1 Å². The van der Waals surface area contributed by atoms with Crippen molar-refractivity contribution in [3.8, 4) is 0 Å². The molecule has 1 unspecified atom stereocenters. The molecule has 15 heavy (non-hydrogen) atoms. The molecule has 3 heteroatoms. The van der Waals surface area contributed by atoms with E-state index in [0.717, 1.165) is 27.6 Å². The van der Waals surface area contributed by atoms with Crippen molar-refractivity contribution >= 4 is 44.6 Å². The number of allylic oxidation sites excluding steroid dienone is 1. The number of halogens is 2. The quantitative estimate of drug-likeness (QED) is 0.654. The highest BCUT2D eigenvalue weighted by molar-refractivity contribution is 9.10. The third-order valence-electron chi connectivity index (χ3n) is 2.62. The molecule has 0 radical (unpaired) electrons. The van der Waals surface area contributed by atoms with E-state index in [1.54, 1.807) is 0 Å². The number of hydrogen-bond donors (Lipinski definition) is 0. The predicted octanol–water partition coefficient (Wildman–Crippen LogP) is 4.37. The first-order valence-electron chi connectivity index (χ1n) is 4.77. The monoisotopic (exact) mass is 282 g/mol. The maximum absolute atomic E-state index is 6.05. The molecule has 1 nitrogen and oxygen atoms in total. The standard InChI is InChI=1S/C12H8BrClO/c13-7-1-4-11-10(5-7)9-3-2-8(14)6-12(9)15-11/h1-5,8H,6H2. The van der Waals surface area contributed by atoms with Gasteiger partial charge in [-0.3, -0.25) is 0 Å². The Morgan fingerprint density at radius 2 is 2.27 bits per heavy atom. The van der Waals surface area contributed by atoms with E-state index in [4.69, 9.17) is 16.0 Å². The van der Waals surface area contributed by atoms with Gasteiger partial charge in [0.25, 0.3) is 0 Å². The van der Waals surface area contributed by atoms with E-state index in [0.29, 0.717) is 0 Å². The van der Waals surface area contributed by atoms with Gasteiger partial charge in [0, 0.05) is 21.8 Å². The molecule has 0 bridgehead atoms. The van der Waals surface area contributed by atoms with Gasteiger partial charge in [0.05, 0.1) is 5.38 Å². The summed E-state index contributed by atoms with van der Waals surface area (Å²) in [5.74, 6) is 0.991. The highest BCUT2D eigenvalue weighted by atomic mass is 79.9. The summed E-state index contributed by atoms with van der Waals surface area (Å²) in [6, 6.07) is 6.05. The molecule has 1 heterocycles. The lowest BCUT2D eigenvalue weighted by atomic mass is 10.0. The molecule has 1 aliphatic carbocycles. The van der Waals surface area contributed by atoms with Crippen molar-refractivity contribution in [2.24, 2.45) is 0 Å². The topological polar surface area (TPSA) is 13.1 Å². The molecule has 0 N–H and O–H groups in total. The van der Waals surface area contributed by atoms with Crippen LogP contribution in [0, 0.1) is 0 Å². The van der Waals surface area contributed by atoms with E-state index in [1.807, 2.05) is 18.2 Å². The molecule has 0 fully saturated rings.